The number of hydrogen-bond donors (Lipinski definition) is 1. The summed E-state index contributed by atoms with van der Waals surface area (Å²) in [6.45, 7) is 5.85. The van der Waals surface area contributed by atoms with E-state index in [2.05, 4.69) is 0 Å². The summed E-state index contributed by atoms with van der Waals surface area (Å²) in [4.78, 5) is 14.5. The number of piperidine rings is 1. The predicted octanol–water partition coefficient (Wildman–Crippen LogP) is 2.24. The van der Waals surface area contributed by atoms with Crippen molar-refractivity contribution in [1.82, 2.24) is 4.90 Å². The highest BCUT2D eigenvalue weighted by Crippen LogP contribution is 2.29. The first-order valence-corrected chi connectivity index (χ1v) is 7.75. The van der Waals surface area contributed by atoms with Gasteiger partial charge in [0.2, 0.25) is 0 Å². The van der Waals surface area contributed by atoms with Gasteiger partial charge in [0.05, 0.1) is 12.2 Å². The first-order chi connectivity index (χ1) is 9.97. The zero-order chi connectivity index (χ0) is 15.0. The van der Waals surface area contributed by atoms with Crippen LogP contribution < -0.4 is 4.74 Å². The number of aliphatic hydroxyl groups is 1. The molecule has 4 nitrogen and oxygen atoms in total. The fourth-order valence-corrected chi connectivity index (χ4v) is 3.09. The Morgan fingerprint density at radius 2 is 2.29 bits per heavy atom. The van der Waals surface area contributed by atoms with E-state index in [0.717, 1.165) is 36.3 Å². The van der Waals surface area contributed by atoms with E-state index >= 15 is 0 Å². The summed E-state index contributed by atoms with van der Waals surface area (Å²) in [7, 11) is 0. The Balaban J connectivity index is 1.77. The maximum Gasteiger partial charge on any atom is 0.253 e. The van der Waals surface area contributed by atoms with Crippen molar-refractivity contribution in [2.45, 2.75) is 38.7 Å². The molecule has 1 fully saturated rings. The molecule has 1 aromatic rings. The molecule has 0 spiro atoms. The van der Waals surface area contributed by atoms with E-state index in [1.165, 1.54) is 0 Å². The van der Waals surface area contributed by atoms with Crippen LogP contribution >= 0.6 is 0 Å². The third-order valence-corrected chi connectivity index (χ3v) is 4.89. The minimum atomic E-state index is -0.666. The molecule has 0 aromatic heterocycles. The lowest BCUT2D eigenvalue weighted by molar-refractivity contribution is -0.0439. The molecule has 0 bridgehead atoms. The molecule has 3 rings (SSSR count). The van der Waals surface area contributed by atoms with Crippen molar-refractivity contribution in [3.8, 4) is 5.75 Å². The third kappa shape index (κ3) is 2.77. The molecule has 1 amide bonds. The average molecular weight is 289 g/mol. The van der Waals surface area contributed by atoms with E-state index in [-0.39, 0.29) is 11.8 Å². The number of hydrogen-bond acceptors (Lipinski definition) is 3. The molecular weight excluding hydrogens is 266 g/mol. The standard InChI is InChI=1S/C17H23NO3/c1-12-11-18(8-7-17(12,2)20)16(19)14-5-6-15-13(10-14)4-3-9-21-15/h5-6,10,12,20H,3-4,7-9,11H2,1-2H3/t12-,17+/m1/s1. The van der Waals surface area contributed by atoms with E-state index in [1.54, 1.807) is 0 Å². The molecule has 1 saturated heterocycles. The Hall–Kier alpha value is -1.55. The molecule has 0 saturated carbocycles. The molecule has 2 heterocycles. The van der Waals surface area contributed by atoms with Gasteiger partial charge in [-0.15, -0.1) is 0 Å². The van der Waals surface area contributed by atoms with Crippen LogP contribution in [0.25, 0.3) is 0 Å². The number of ether oxygens (including phenoxy) is 1. The Morgan fingerprint density at radius 3 is 3.05 bits per heavy atom. The van der Waals surface area contributed by atoms with Gasteiger partial charge in [0, 0.05) is 24.6 Å². The second kappa shape index (κ2) is 5.34. The molecular formula is C17H23NO3. The van der Waals surface area contributed by atoms with Gasteiger partial charge in [-0.05, 0) is 49.9 Å². The Kier molecular flexibility index (Phi) is 3.66. The summed E-state index contributed by atoms with van der Waals surface area (Å²) in [5.41, 5.74) is 1.19. The van der Waals surface area contributed by atoms with E-state index in [1.807, 2.05) is 36.9 Å². The molecule has 2 aliphatic rings. The van der Waals surface area contributed by atoms with E-state index in [0.29, 0.717) is 19.5 Å². The number of rotatable bonds is 1. The van der Waals surface area contributed by atoms with Crippen LogP contribution in [0.4, 0.5) is 0 Å². The molecule has 0 radical (unpaired) electrons. The first kappa shape index (κ1) is 14.4. The third-order valence-electron chi connectivity index (χ3n) is 4.89. The molecule has 1 aromatic carbocycles. The summed E-state index contributed by atoms with van der Waals surface area (Å²) < 4.78 is 5.59. The van der Waals surface area contributed by atoms with Crippen molar-refractivity contribution in [1.29, 1.82) is 0 Å². The molecule has 0 unspecified atom stereocenters. The summed E-state index contributed by atoms with van der Waals surface area (Å²) in [5.74, 6) is 1.06. The molecule has 21 heavy (non-hydrogen) atoms. The van der Waals surface area contributed by atoms with Crippen molar-refractivity contribution >= 4 is 5.91 Å². The molecule has 1 N–H and O–H groups in total. The minimum Gasteiger partial charge on any atom is -0.493 e. The smallest absolute Gasteiger partial charge is 0.253 e. The van der Waals surface area contributed by atoms with Crippen molar-refractivity contribution in [2.24, 2.45) is 5.92 Å². The highest BCUT2D eigenvalue weighted by Gasteiger charge is 2.36. The topological polar surface area (TPSA) is 49.8 Å². The zero-order valence-corrected chi connectivity index (χ0v) is 12.8. The molecule has 2 atom stereocenters. The fourth-order valence-electron chi connectivity index (χ4n) is 3.09. The Morgan fingerprint density at radius 1 is 1.48 bits per heavy atom. The number of carbonyl (C=O) groups excluding carboxylic acids is 1. The summed E-state index contributed by atoms with van der Waals surface area (Å²) >= 11 is 0. The highest BCUT2D eigenvalue weighted by molar-refractivity contribution is 5.94. The SMILES string of the molecule is C[C@@H]1CN(C(=O)c2ccc3c(c2)CCCO3)CC[C@]1(C)O. The first-order valence-electron chi connectivity index (χ1n) is 7.75. The van der Waals surface area contributed by atoms with Gasteiger partial charge in [-0.25, -0.2) is 0 Å². The zero-order valence-electron chi connectivity index (χ0n) is 12.8. The van der Waals surface area contributed by atoms with Crippen LogP contribution in [0, 0.1) is 5.92 Å². The highest BCUT2D eigenvalue weighted by atomic mass is 16.5. The molecule has 4 heteroatoms. The molecule has 0 aliphatic carbocycles. The van der Waals surface area contributed by atoms with Crippen LogP contribution in [0.2, 0.25) is 0 Å². The van der Waals surface area contributed by atoms with Crippen molar-refractivity contribution in [2.75, 3.05) is 19.7 Å². The van der Waals surface area contributed by atoms with Gasteiger partial charge in [0.1, 0.15) is 5.75 Å². The van der Waals surface area contributed by atoms with Crippen LogP contribution in [0.15, 0.2) is 18.2 Å². The number of fused-ring (bicyclic) bond motifs is 1. The number of benzene rings is 1. The van der Waals surface area contributed by atoms with Gasteiger partial charge in [0.15, 0.2) is 0 Å². The van der Waals surface area contributed by atoms with E-state index in [9.17, 15) is 9.90 Å². The van der Waals surface area contributed by atoms with Gasteiger partial charge >= 0.3 is 0 Å². The molecule has 2 aliphatic heterocycles. The number of carbonyl (C=O) groups is 1. The lowest BCUT2D eigenvalue weighted by Crippen LogP contribution is -2.50. The van der Waals surface area contributed by atoms with E-state index < -0.39 is 5.60 Å². The summed E-state index contributed by atoms with van der Waals surface area (Å²) in [6, 6.07) is 5.73. The van der Waals surface area contributed by atoms with Crippen LogP contribution in [0.1, 0.15) is 42.6 Å². The van der Waals surface area contributed by atoms with Gasteiger partial charge in [-0.3, -0.25) is 4.79 Å². The van der Waals surface area contributed by atoms with Crippen molar-refractivity contribution in [3.63, 3.8) is 0 Å². The quantitative estimate of drug-likeness (QED) is 0.862. The number of aryl methyl sites for hydroxylation is 1. The van der Waals surface area contributed by atoms with Gasteiger partial charge in [0.25, 0.3) is 5.91 Å². The fraction of sp³-hybridized carbons (Fsp3) is 0.588. The summed E-state index contributed by atoms with van der Waals surface area (Å²) in [5, 5.41) is 10.2. The maximum absolute atomic E-state index is 12.6. The average Bonchev–Trinajstić information content (AvgIpc) is 2.49. The number of nitrogens with zero attached hydrogens (tertiary/aromatic N) is 1. The van der Waals surface area contributed by atoms with Crippen LogP contribution in [0.5, 0.6) is 5.75 Å². The maximum atomic E-state index is 12.6. The van der Waals surface area contributed by atoms with Crippen molar-refractivity contribution < 1.29 is 14.6 Å². The number of likely N-dealkylation sites (tertiary alicyclic amines) is 1. The Labute approximate surface area is 125 Å². The van der Waals surface area contributed by atoms with E-state index in [4.69, 9.17) is 4.74 Å². The minimum absolute atomic E-state index is 0.0609. The normalized spacial score (nSPS) is 28.7. The second-order valence-electron chi connectivity index (χ2n) is 6.53. The van der Waals surface area contributed by atoms with Gasteiger partial charge < -0.3 is 14.7 Å². The lowest BCUT2D eigenvalue weighted by Gasteiger charge is -2.41. The Bertz CT molecular complexity index is 553. The largest absolute Gasteiger partial charge is 0.493 e. The van der Waals surface area contributed by atoms with Crippen LogP contribution in [-0.2, 0) is 6.42 Å². The second-order valence-corrected chi connectivity index (χ2v) is 6.53. The van der Waals surface area contributed by atoms with Gasteiger partial charge in [-0.2, -0.15) is 0 Å². The lowest BCUT2D eigenvalue weighted by atomic mass is 9.83. The predicted molar refractivity (Wildman–Crippen MR) is 80.6 cm³/mol. The molecule has 114 valence electrons. The monoisotopic (exact) mass is 289 g/mol. The van der Waals surface area contributed by atoms with Gasteiger partial charge in [-0.1, -0.05) is 6.92 Å². The summed E-state index contributed by atoms with van der Waals surface area (Å²) in [6.07, 6.45) is 2.61. The number of amides is 1. The van der Waals surface area contributed by atoms with Crippen molar-refractivity contribution in [3.05, 3.63) is 29.3 Å². The van der Waals surface area contributed by atoms with Crippen LogP contribution in [0.3, 0.4) is 0 Å². The van der Waals surface area contributed by atoms with Crippen LogP contribution in [-0.4, -0.2) is 41.2 Å².